The number of nitrogens with one attached hydrogen (secondary N) is 1. The van der Waals surface area contributed by atoms with E-state index in [1.807, 2.05) is 18.4 Å². The van der Waals surface area contributed by atoms with Crippen LogP contribution in [0.5, 0.6) is 0 Å². The van der Waals surface area contributed by atoms with Crippen LogP contribution in [0.1, 0.15) is 23.2 Å². The fourth-order valence-corrected chi connectivity index (χ4v) is 4.02. The van der Waals surface area contributed by atoms with Gasteiger partial charge in [-0.1, -0.05) is 17.8 Å². The van der Waals surface area contributed by atoms with Crippen LogP contribution in [0.25, 0.3) is 0 Å². The molecule has 3 rings (SSSR count). The van der Waals surface area contributed by atoms with Crippen LogP contribution in [0.3, 0.4) is 0 Å². The van der Waals surface area contributed by atoms with Crippen LogP contribution in [0.15, 0.2) is 27.9 Å². The van der Waals surface area contributed by atoms with Crippen molar-refractivity contribution in [3.63, 3.8) is 0 Å². The predicted octanol–water partition coefficient (Wildman–Crippen LogP) is 3.67. The Hall–Kier alpha value is -1.33. The Balaban J connectivity index is 1.56. The number of carbonyl (C=O) groups is 1. The molecule has 1 aromatic carbocycles. The topological polar surface area (TPSA) is 42.0 Å². The number of hydrogen-bond acceptors (Lipinski definition) is 4. The van der Waals surface area contributed by atoms with Crippen LogP contribution >= 0.6 is 23.1 Å². The smallest absolute Gasteiger partial charge is 0.234 e. The minimum Gasteiger partial charge on any atom is -0.325 e. The van der Waals surface area contributed by atoms with Crippen molar-refractivity contribution in [1.82, 2.24) is 4.98 Å². The number of thioether (sulfide) groups is 1. The molecular weight excluding hydrogens is 288 g/mol. The van der Waals surface area contributed by atoms with Crippen molar-refractivity contribution < 1.29 is 4.79 Å². The summed E-state index contributed by atoms with van der Waals surface area (Å²) in [7, 11) is 0. The lowest BCUT2D eigenvalue weighted by Crippen LogP contribution is -2.14. The summed E-state index contributed by atoms with van der Waals surface area (Å²) < 4.78 is 0.951. The fraction of sp³-hybridized carbons (Fsp3) is 0.333. The average Bonchev–Trinajstić information content (AvgIpc) is 3.04. The molecule has 20 heavy (non-hydrogen) atoms. The summed E-state index contributed by atoms with van der Waals surface area (Å²) in [6.45, 7) is 1.96. The van der Waals surface area contributed by atoms with Crippen molar-refractivity contribution in [1.29, 1.82) is 0 Å². The molecule has 0 aliphatic heterocycles. The second-order valence-electron chi connectivity index (χ2n) is 4.93. The van der Waals surface area contributed by atoms with Crippen LogP contribution in [0, 0.1) is 6.92 Å². The largest absolute Gasteiger partial charge is 0.325 e. The highest BCUT2D eigenvalue weighted by Crippen LogP contribution is 2.26. The van der Waals surface area contributed by atoms with Gasteiger partial charge in [0.05, 0.1) is 5.75 Å². The summed E-state index contributed by atoms with van der Waals surface area (Å²) in [5.41, 5.74) is 4.73. The van der Waals surface area contributed by atoms with Gasteiger partial charge in [-0.05, 0) is 49.4 Å². The van der Waals surface area contributed by atoms with Crippen molar-refractivity contribution in [2.75, 3.05) is 11.1 Å². The Labute approximate surface area is 126 Å². The van der Waals surface area contributed by atoms with Crippen molar-refractivity contribution in [3.05, 3.63) is 40.4 Å². The molecule has 0 radical (unpaired) electrons. The third-order valence-corrected chi connectivity index (χ3v) is 5.45. The third-order valence-electron chi connectivity index (χ3n) is 3.31. The SMILES string of the molecule is Cc1csc(SCC(=O)Nc2ccc3c(c2)CCC3)n1. The first kappa shape index (κ1) is 13.6. The number of aromatic nitrogens is 1. The van der Waals surface area contributed by atoms with Gasteiger partial charge in [-0.25, -0.2) is 4.98 Å². The van der Waals surface area contributed by atoms with Crippen LogP contribution in [0.4, 0.5) is 5.69 Å². The molecule has 0 spiro atoms. The molecule has 0 saturated carbocycles. The number of thiazole rings is 1. The second-order valence-corrected chi connectivity index (χ2v) is 7.01. The number of nitrogens with zero attached hydrogens (tertiary/aromatic N) is 1. The van der Waals surface area contributed by atoms with Gasteiger partial charge in [-0.3, -0.25) is 4.79 Å². The molecule has 1 amide bonds. The van der Waals surface area contributed by atoms with Crippen molar-refractivity contribution in [2.45, 2.75) is 30.5 Å². The maximum absolute atomic E-state index is 11.9. The van der Waals surface area contributed by atoms with Gasteiger partial charge < -0.3 is 5.32 Å². The molecule has 1 heterocycles. The molecule has 0 bridgehead atoms. The Morgan fingerprint density at radius 3 is 3.05 bits per heavy atom. The Morgan fingerprint density at radius 2 is 2.25 bits per heavy atom. The van der Waals surface area contributed by atoms with Crippen LogP contribution in [-0.4, -0.2) is 16.6 Å². The summed E-state index contributed by atoms with van der Waals surface area (Å²) in [4.78, 5) is 16.3. The molecule has 0 unspecified atom stereocenters. The highest BCUT2D eigenvalue weighted by molar-refractivity contribution is 8.01. The highest BCUT2D eigenvalue weighted by Gasteiger charge is 2.12. The molecule has 1 aliphatic carbocycles. The van der Waals surface area contributed by atoms with Gasteiger partial charge in [-0.2, -0.15) is 0 Å². The number of hydrogen-bond donors (Lipinski definition) is 1. The maximum atomic E-state index is 11.9. The summed E-state index contributed by atoms with van der Waals surface area (Å²) in [5.74, 6) is 0.435. The lowest BCUT2D eigenvalue weighted by molar-refractivity contribution is -0.113. The van der Waals surface area contributed by atoms with Gasteiger partial charge >= 0.3 is 0 Å². The van der Waals surface area contributed by atoms with Gasteiger partial charge in [-0.15, -0.1) is 11.3 Å². The number of fused-ring (bicyclic) bond motifs is 1. The predicted molar refractivity (Wildman–Crippen MR) is 84.7 cm³/mol. The maximum Gasteiger partial charge on any atom is 0.234 e. The van der Waals surface area contributed by atoms with E-state index < -0.39 is 0 Å². The number of aryl methyl sites for hydroxylation is 3. The first-order valence-electron chi connectivity index (χ1n) is 6.67. The molecule has 1 aromatic heterocycles. The van der Waals surface area contributed by atoms with Gasteiger partial charge in [0, 0.05) is 16.8 Å². The zero-order valence-electron chi connectivity index (χ0n) is 11.3. The molecule has 2 aromatic rings. The minimum absolute atomic E-state index is 0.0285. The van der Waals surface area contributed by atoms with Gasteiger partial charge in [0.15, 0.2) is 4.34 Å². The molecule has 5 heteroatoms. The Morgan fingerprint density at radius 1 is 1.40 bits per heavy atom. The number of amides is 1. The Kier molecular flexibility index (Phi) is 4.08. The third kappa shape index (κ3) is 3.22. The summed E-state index contributed by atoms with van der Waals surface area (Å²) in [5, 5.41) is 4.97. The molecule has 0 saturated heterocycles. The number of benzene rings is 1. The van der Waals surface area contributed by atoms with Crippen LogP contribution in [0.2, 0.25) is 0 Å². The first-order chi connectivity index (χ1) is 9.70. The van der Waals surface area contributed by atoms with Crippen molar-refractivity contribution >= 4 is 34.7 Å². The molecule has 0 fully saturated rings. The molecule has 0 atom stereocenters. The molecular formula is C15H16N2OS2. The standard InChI is InChI=1S/C15H16N2OS2/c1-10-8-19-15(16-10)20-9-14(18)17-13-6-5-11-3-2-4-12(11)7-13/h5-8H,2-4,9H2,1H3,(H,17,18). The van der Waals surface area contributed by atoms with E-state index in [4.69, 9.17) is 0 Å². The highest BCUT2D eigenvalue weighted by atomic mass is 32.2. The number of rotatable bonds is 4. The van der Waals surface area contributed by atoms with Gasteiger partial charge in [0.1, 0.15) is 0 Å². The second kappa shape index (κ2) is 5.97. The average molecular weight is 304 g/mol. The van der Waals surface area contributed by atoms with Crippen LogP contribution < -0.4 is 5.32 Å². The van der Waals surface area contributed by atoms with Crippen molar-refractivity contribution in [3.8, 4) is 0 Å². The van der Waals surface area contributed by atoms with E-state index in [0.717, 1.165) is 22.1 Å². The number of anilines is 1. The monoisotopic (exact) mass is 304 g/mol. The van der Waals surface area contributed by atoms with E-state index >= 15 is 0 Å². The van der Waals surface area contributed by atoms with Gasteiger partial charge in [0.2, 0.25) is 5.91 Å². The van der Waals surface area contributed by atoms with E-state index in [0.29, 0.717) is 5.75 Å². The molecule has 1 aliphatic rings. The zero-order valence-corrected chi connectivity index (χ0v) is 12.9. The summed E-state index contributed by atoms with van der Waals surface area (Å²) >= 11 is 3.08. The summed E-state index contributed by atoms with van der Waals surface area (Å²) in [6, 6.07) is 6.24. The lowest BCUT2D eigenvalue weighted by atomic mass is 10.1. The van der Waals surface area contributed by atoms with E-state index in [-0.39, 0.29) is 5.91 Å². The van der Waals surface area contributed by atoms with E-state index in [1.54, 1.807) is 11.3 Å². The lowest BCUT2D eigenvalue weighted by Gasteiger charge is -2.06. The fourth-order valence-electron chi connectivity index (χ4n) is 2.37. The summed E-state index contributed by atoms with van der Waals surface area (Å²) in [6.07, 6.45) is 3.53. The van der Waals surface area contributed by atoms with Crippen molar-refractivity contribution in [2.24, 2.45) is 0 Å². The van der Waals surface area contributed by atoms with E-state index in [1.165, 1.54) is 35.7 Å². The van der Waals surface area contributed by atoms with E-state index in [9.17, 15) is 4.79 Å². The molecule has 3 nitrogen and oxygen atoms in total. The van der Waals surface area contributed by atoms with E-state index in [2.05, 4.69) is 22.4 Å². The zero-order chi connectivity index (χ0) is 13.9. The quantitative estimate of drug-likeness (QED) is 0.876. The Bertz CT molecular complexity index is 637. The molecule has 104 valence electrons. The van der Waals surface area contributed by atoms with Gasteiger partial charge in [0.25, 0.3) is 0 Å². The minimum atomic E-state index is 0.0285. The normalized spacial score (nSPS) is 13.2. The first-order valence-corrected chi connectivity index (χ1v) is 8.54. The van der Waals surface area contributed by atoms with Crippen LogP contribution in [-0.2, 0) is 17.6 Å². The molecule has 1 N–H and O–H groups in total. The number of carbonyl (C=O) groups excluding carboxylic acids is 1.